The fraction of sp³-hybridized carbons (Fsp3) is 0.947. The van der Waals surface area contributed by atoms with E-state index >= 15 is 0 Å². The third-order valence-corrected chi connectivity index (χ3v) is 3.94. The van der Waals surface area contributed by atoms with Gasteiger partial charge in [0.2, 0.25) is 5.91 Å². The molecule has 0 aliphatic carbocycles. The van der Waals surface area contributed by atoms with E-state index in [1.54, 1.807) is 0 Å². The smallest absolute Gasteiger partial charge is 0.245 e. The normalized spacial score (nSPS) is 12.5. The highest BCUT2D eigenvalue weighted by Crippen LogP contribution is 2.08. The van der Waals surface area contributed by atoms with Gasteiger partial charge in [-0.15, -0.1) is 0 Å². The molecular formula is C19H41NO4. The Morgan fingerprint density at radius 2 is 1.54 bits per heavy atom. The lowest BCUT2D eigenvalue weighted by Gasteiger charge is -2.09. The van der Waals surface area contributed by atoms with Crippen molar-refractivity contribution in [1.82, 2.24) is 5.32 Å². The van der Waals surface area contributed by atoms with Gasteiger partial charge in [-0.05, 0) is 37.5 Å². The summed E-state index contributed by atoms with van der Waals surface area (Å²) in [7, 11) is 0. The van der Waals surface area contributed by atoms with Gasteiger partial charge in [0, 0.05) is 14.6 Å². The number of hydrogen-bond acceptors (Lipinski definition) is 4. The summed E-state index contributed by atoms with van der Waals surface area (Å²) >= 11 is 0. The summed E-state index contributed by atoms with van der Waals surface area (Å²) in [6.07, 6.45) is 5.73. The predicted octanol–water partition coefficient (Wildman–Crippen LogP) is 3.66. The van der Waals surface area contributed by atoms with Gasteiger partial charge in [0.05, 0.1) is 26.4 Å². The third-order valence-electron chi connectivity index (χ3n) is 3.94. The molecule has 0 saturated heterocycles. The summed E-state index contributed by atoms with van der Waals surface area (Å²) in [4.78, 5) is 11.5. The Labute approximate surface area is 150 Å². The highest BCUT2D eigenvalue weighted by molar-refractivity contribution is 5.77. The van der Waals surface area contributed by atoms with Crippen molar-refractivity contribution in [3.05, 3.63) is 0 Å². The molecule has 1 unspecified atom stereocenters. The van der Waals surface area contributed by atoms with E-state index in [-0.39, 0.29) is 13.9 Å². The molecule has 0 aromatic heterocycles. The van der Waals surface area contributed by atoms with Crippen LogP contribution >= 0.6 is 0 Å². The first kappa shape index (κ1) is 23.4. The Morgan fingerprint density at radius 1 is 0.917 bits per heavy atom. The quantitative estimate of drug-likeness (QED) is 0.408. The zero-order valence-corrected chi connectivity index (χ0v) is 16.3. The molecule has 0 fully saturated rings. The largest absolute Gasteiger partial charge is 0.379 e. The van der Waals surface area contributed by atoms with Gasteiger partial charge in [-0.25, -0.2) is 0 Å². The molecular weight excluding hydrogens is 306 g/mol. The molecule has 0 aromatic carbocycles. The molecule has 0 saturated carbocycles. The standard InChI is InChI=1S/C19H39NO4.H2/c1-5-18(4)9-7-11-22-12-13-23-14-15-24-16-19(21)20-10-6-8-17(2)3;/h17-18H,5-16H2,1-4H3,(H,20,21);1H. The molecule has 0 aromatic rings. The van der Waals surface area contributed by atoms with Crippen molar-refractivity contribution in [2.24, 2.45) is 11.8 Å². The molecule has 0 rings (SSSR count). The van der Waals surface area contributed by atoms with Gasteiger partial charge in [0.25, 0.3) is 0 Å². The number of rotatable bonds is 17. The molecule has 0 spiro atoms. The lowest BCUT2D eigenvalue weighted by molar-refractivity contribution is -0.126. The molecule has 1 N–H and O–H groups in total. The lowest BCUT2D eigenvalue weighted by Crippen LogP contribution is -2.29. The first-order valence-electron chi connectivity index (χ1n) is 9.56. The zero-order chi connectivity index (χ0) is 18.0. The van der Waals surface area contributed by atoms with Crippen molar-refractivity contribution in [3.8, 4) is 0 Å². The van der Waals surface area contributed by atoms with Crippen LogP contribution in [0, 0.1) is 11.8 Å². The molecule has 0 aliphatic rings. The van der Waals surface area contributed by atoms with Gasteiger partial charge in [0.15, 0.2) is 0 Å². The molecule has 0 bridgehead atoms. The van der Waals surface area contributed by atoms with E-state index in [1.807, 2.05) is 0 Å². The van der Waals surface area contributed by atoms with E-state index in [0.717, 1.165) is 38.3 Å². The zero-order valence-electron chi connectivity index (χ0n) is 16.3. The summed E-state index contributed by atoms with van der Waals surface area (Å²) in [5.74, 6) is 1.41. The number of carbonyl (C=O) groups excluding carboxylic acids is 1. The molecule has 1 amide bonds. The van der Waals surface area contributed by atoms with E-state index < -0.39 is 0 Å². The molecule has 1 atom stereocenters. The van der Waals surface area contributed by atoms with Crippen LogP contribution in [0.5, 0.6) is 0 Å². The van der Waals surface area contributed by atoms with Crippen molar-refractivity contribution in [2.75, 3.05) is 46.2 Å². The Bertz CT molecular complexity index is 291. The van der Waals surface area contributed by atoms with Crippen molar-refractivity contribution < 1.29 is 20.4 Å². The highest BCUT2D eigenvalue weighted by atomic mass is 16.5. The molecule has 146 valence electrons. The Hall–Kier alpha value is -0.650. The number of carbonyl (C=O) groups is 1. The molecule has 0 radical (unpaired) electrons. The second-order valence-corrected chi connectivity index (χ2v) is 6.82. The van der Waals surface area contributed by atoms with E-state index in [0.29, 0.717) is 32.3 Å². The predicted molar refractivity (Wildman–Crippen MR) is 100 cm³/mol. The van der Waals surface area contributed by atoms with Crippen LogP contribution in [0.25, 0.3) is 0 Å². The topological polar surface area (TPSA) is 56.8 Å². The Morgan fingerprint density at radius 3 is 2.17 bits per heavy atom. The van der Waals surface area contributed by atoms with Crippen LogP contribution in [0.1, 0.15) is 61.2 Å². The molecule has 24 heavy (non-hydrogen) atoms. The second-order valence-electron chi connectivity index (χ2n) is 6.82. The summed E-state index contributed by atoms with van der Waals surface area (Å²) in [6, 6.07) is 0. The summed E-state index contributed by atoms with van der Waals surface area (Å²) in [5.41, 5.74) is 0. The summed E-state index contributed by atoms with van der Waals surface area (Å²) < 4.78 is 16.2. The van der Waals surface area contributed by atoms with Gasteiger partial charge in [-0.2, -0.15) is 0 Å². The van der Waals surface area contributed by atoms with Gasteiger partial charge in [0.1, 0.15) is 6.61 Å². The molecule has 0 heterocycles. The minimum atomic E-state index is -0.0524. The first-order valence-corrected chi connectivity index (χ1v) is 9.56. The summed E-state index contributed by atoms with van der Waals surface area (Å²) in [5, 5.41) is 2.86. The Kier molecular flexibility index (Phi) is 16.7. The van der Waals surface area contributed by atoms with Crippen LogP contribution in [0.15, 0.2) is 0 Å². The van der Waals surface area contributed by atoms with Gasteiger partial charge >= 0.3 is 0 Å². The monoisotopic (exact) mass is 347 g/mol. The van der Waals surface area contributed by atoms with E-state index in [1.165, 1.54) is 12.8 Å². The maximum Gasteiger partial charge on any atom is 0.245 e. The van der Waals surface area contributed by atoms with Crippen molar-refractivity contribution in [1.29, 1.82) is 0 Å². The lowest BCUT2D eigenvalue weighted by atomic mass is 10.0. The van der Waals surface area contributed by atoms with Crippen LogP contribution in [0.2, 0.25) is 0 Å². The minimum absolute atomic E-state index is 0. The van der Waals surface area contributed by atoms with Crippen LogP contribution in [-0.2, 0) is 19.0 Å². The van der Waals surface area contributed by atoms with Crippen LogP contribution in [0.3, 0.4) is 0 Å². The molecule has 0 aliphatic heterocycles. The first-order chi connectivity index (χ1) is 11.6. The second kappa shape index (κ2) is 17.2. The molecule has 5 nitrogen and oxygen atoms in total. The minimum Gasteiger partial charge on any atom is -0.379 e. The number of ether oxygens (including phenoxy) is 3. The maximum absolute atomic E-state index is 11.5. The van der Waals surface area contributed by atoms with Gasteiger partial charge in [-0.1, -0.05) is 34.1 Å². The fourth-order valence-corrected chi connectivity index (χ4v) is 2.13. The molecule has 5 heteroatoms. The maximum atomic E-state index is 11.5. The van der Waals surface area contributed by atoms with E-state index in [9.17, 15) is 4.79 Å². The van der Waals surface area contributed by atoms with E-state index in [2.05, 4.69) is 33.0 Å². The third kappa shape index (κ3) is 17.7. The summed E-state index contributed by atoms with van der Waals surface area (Å²) in [6.45, 7) is 12.6. The van der Waals surface area contributed by atoms with Crippen molar-refractivity contribution in [3.63, 3.8) is 0 Å². The van der Waals surface area contributed by atoms with Crippen molar-refractivity contribution >= 4 is 5.91 Å². The number of nitrogens with one attached hydrogen (secondary N) is 1. The average molecular weight is 348 g/mol. The van der Waals surface area contributed by atoms with Crippen molar-refractivity contribution in [2.45, 2.75) is 59.8 Å². The van der Waals surface area contributed by atoms with E-state index in [4.69, 9.17) is 14.2 Å². The average Bonchev–Trinajstić information content (AvgIpc) is 2.56. The van der Waals surface area contributed by atoms with Gasteiger partial charge in [-0.3, -0.25) is 4.79 Å². The number of amides is 1. The van der Waals surface area contributed by atoms with Crippen LogP contribution in [0.4, 0.5) is 0 Å². The highest BCUT2D eigenvalue weighted by Gasteiger charge is 2.01. The SMILES string of the molecule is CCC(C)CCCOCCOCCOCC(=O)NCCCC(C)C.[HH]. The van der Waals surface area contributed by atoms with Gasteiger partial charge < -0.3 is 19.5 Å². The van der Waals surface area contributed by atoms with Crippen LogP contribution in [-0.4, -0.2) is 52.1 Å². The van der Waals surface area contributed by atoms with Crippen LogP contribution < -0.4 is 5.32 Å². The Balaban J connectivity index is 0. The fourth-order valence-electron chi connectivity index (χ4n) is 2.13. The number of hydrogen-bond donors (Lipinski definition) is 1.